The van der Waals surface area contributed by atoms with E-state index in [1.54, 1.807) is 13.2 Å². The standard InChI is InChI=1S/C28H35F3N4O3/c1-37-17-18-13-32-28(33-14-18)34-7-4-19(5-8-34)23-10-20(23)6-9-38-22-3-2-21(24(29)12-22)11-27(36)35-15-25(30)26(31)16-35/h2-3,12-14,19-20,23,25-26H,4-11,15-17H2,1H3/t20-,23-,25+,26+/m1/s1. The molecule has 206 valence electrons. The Kier molecular flexibility index (Phi) is 8.35. The first-order valence-electron chi connectivity index (χ1n) is 13.4. The second-order valence-electron chi connectivity index (χ2n) is 10.7. The maximum atomic E-state index is 14.5. The first-order valence-corrected chi connectivity index (χ1v) is 13.4. The van der Waals surface area contributed by atoms with E-state index in [0.717, 1.165) is 48.8 Å². The number of carbonyl (C=O) groups excluding carboxylic acids is 1. The van der Waals surface area contributed by atoms with Gasteiger partial charge in [-0.1, -0.05) is 6.07 Å². The summed E-state index contributed by atoms with van der Waals surface area (Å²) in [6.07, 6.45) is 4.49. The fraction of sp³-hybridized carbons (Fsp3) is 0.607. The molecule has 1 aromatic heterocycles. The lowest BCUT2D eigenvalue weighted by atomic mass is 9.90. The second kappa shape index (κ2) is 11.9. The zero-order valence-electron chi connectivity index (χ0n) is 21.7. The van der Waals surface area contributed by atoms with Crippen LogP contribution < -0.4 is 9.64 Å². The highest BCUT2D eigenvalue weighted by molar-refractivity contribution is 5.79. The lowest BCUT2D eigenvalue weighted by molar-refractivity contribution is -0.129. The Morgan fingerprint density at radius 1 is 1.11 bits per heavy atom. The molecule has 10 heteroatoms. The predicted molar refractivity (Wildman–Crippen MR) is 136 cm³/mol. The zero-order valence-corrected chi connectivity index (χ0v) is 21.7. The highest BCUT2D eigenvalue weighted by Gasteiger charge is 2.43. The number of likely N-dealkylation sites (tertiary alicyclic amines) is 1. The molecule has 1 aliphatic carbocycles. The maximum absolute atomic E-state index is 14.5. The Morgan fingerprint density at radius 2 is 1.82 bits per heavy atom. The van der Waals surface area contributed by atoms with E-state index in [0.29, 0.717) is 36.7 Å². The van der Waals surface area contributed by atoms with Gasteiger partial charge in [-0.3, -0.25) is 4.79 Å². The van der Waals surface area contributed by atoms with Gasteiger partial charge in [-0.05, 0) is 55.1 Å². The molecule has 0 radical (unpaired) electrons. The number of benzene rings is 1. The van der Waals surface area contributed by atoms with Crippen molar-refractivity contribution in [3.8, 4) is 5.75 Å². The third kappa shape index (κ3) is 6.39. The number of carbonyl (C=O) groups is 1. The summed E-state index contributed by atoms with van der Waals surface area (Å²) in [6.45, 7) is 2.40. The molecule has 3 aliphatic rings. The number of ether oxygens (including phenoxy) is 2. The van der Waals surface area contributed by atoms with Crippen LogP contribution in [0, 0.1) is 23.6 Å². The molecule has 5 rings (SSSR count). The third-order valence-electron chi connectivity index (χ3n) is 8.07. The van der Waals surface area contributed by atoms with Crippen LogP contribution in [-0.2, 0) is 22.6 Å². The molecule has 2 saturated heterocycles. The Balaban J connectivity index is 1.01. The number of halogens is 3. The van der Waals surface area contributed by atoms with Crippen molar-refractivity contribution >= 4 is 11.9 Å². The number of hydrogen-bond acceptors (Lipinski definition) is 6. The van der Waals surface area contributed by atoms with Crippen molar-refractivity contribution in [1.82, 2.24) is 14.9 Å². The van der Waals surface area contributed by atoms with Crippen LogP contribution in [0.3, 0.4) is 0 Å². The molecule has 0 bridgehead atoms. The second-order valence-corrected chi connectivity index (χ2v) is 10.7. The van der Waals surface area contributed by atoms with Crippen LogP contribution in [0.1, 0.15) is 36.8 Å². The van der Waals surface area contributed by atoms with Gasteiger partial charge in [-0.2, -0.15) is 0 Å². The van der Waals surface area contributed by atoms with Crippen molar-refractivity contribution in [2.75, 3.05) is 44.8 Å². The van der Waals surface area contributed by atoms with Gasteiger partial charge >= 0.3 is 0 Å². The number of aromatic nitrogens is 2. The average Bonchev–Trinajstić information content (AvgIpc) is 3.61. The number of anilines is 1. The van der Waals surface area contributed by atoms with Crippen LogP contribution in [0.5, 0.6) is 5.75 Å². The van der Waals surface area contributed by atoms with Gasteiger partial charge in [-0.25, -0.2) is 23.1 Å². The van der Waals surface area contributed by atoms with Crippen molar-refractivity contribution in [2.24, 2.45) is 17.8 Å². The van der Waals surface area contributed by atoms with E-state index in [1.807, 2.05) is 12.4 Å². The van der Waals surface area contributed by atoms with Crippen LogP contribution >= 0.6 is 0 Å². The molecule has 0 N–H and O–H groups in total. The van der Waals surface area contributed by atoms with E-state index in [2.05, 4.69) is 14.9 Å². The van der Waals surface area contributed by atoms with Crippen molar-refractivity contribution in [3.63, 3.8) is 0 Å². The molecule has 3 heterocycles. The molecule has 1 saturated carbocycles. The molecular weight excluding hydrogens is 497 g/mol. The van der Waals surface area contributed by atoms with E-state index in [1.165, 1.54) is 18.6 Å². The number of piperidine rings is 1. The highest BCUT2D eigenvalue weighted by atomic mass is 19.2. The molecule has 1 aromatic carbocycles. The van der Waals surface area contributed by atoms with Crippen LogP contribution in [0.4, 0.5) is 19.1 Å². The van der Waals surface area contributed by atoms with Crippen molar-refractivity contribution in [2.45, 2.75) is 51.1 Å². The van der Waals surface area contributed by atoms with E-state index < -0.39 is 24.1 Å². The highest BCUT2D eigenvalue weighted by Crippen LogP contribution is 2.49. The number of nitrogens with zero attached hydrogens (tertiary/aromatic N) is 4. The molecular formula is C28H35F3N4O3. The fourth-order valence-electron chi connectivity index (χ4n) is 5.75. The normalized spacial score (nSPS) is 25.6. The molecule has 0 spiro atoms. The zero-order chi connectivity index (χ0) is 26.6. The van der Waals surface area contributed by atoms with Gasteiger partial charge < -0.3 is 19.3 Å². The van der Waals surface area contributed by atoms with Crippen LogP contribution in [0.25, 0.3) is 0 Å². The van der Waals surface area contributed by atoms with E-state index >= 15 is 0 Å². The maximum Gasteiger partial charge on any atom is 0.227 e. The van der Waals surface area contributed by atoms with Gasteiger partial charge in [0.15, 0.2) is 12.3 Å². The van der Waals surface area contributed by atoms with E-state index in [-0.39, 0.29) is 25.1 Å². The van der Waals surface area contributed by atoms with Gasteiger partial charge in [-0.15, -0.1) is 0 Å². The predicted octanol–water partition coefficient (Wildman–Crippen LogP) is 4.14. The van der Waals surface area contributed by atoms with Crippen LogP contribution in [0.2, 0.25) is 0 Å². The van der Waals surface area contributed by atoms with E-state index in [4.69, 9.17) is 9.47 Å². The number of amides is 1. The lowest BCUT2D eigenvalue weighted by Gasteiger charge is -2.32. The average molecular weight is 533 g/mol. The summed E-state index contributed by atoms with van der Waals surface area (Å²) in [7, 11) is 1.66. The first-order chi connectivity index (χ1) is 18.4. The summed E-state index contributed by atoms with van der Waals surface area (Å²) < 4.78 is 52.2. The quantitative estimate of drug-likeness (QED) is 0.458. The molecule has 2 aliphatic heterocycles. The topological polar surface area (TPSA) is 67.8 Å². The summed E-state index contributed by atoms with van der Waals surface area (Å²) in [5.41, 5.74) is 1.17. The van der Waals surface area contributed by atoms with Gasteiger partial charge in [0.25, 0.3) is 0 Å². The summed E-state index contributed by atoms with van der Waals surface area (Å²) in [5, 5.41) is 0. The molecule has 1 amide bonds. The third-order valence-corrected chi connectivity index (χ3v) is 8.07. The molecule has 3 fully saturated rings. The minimum Gasteiger partial charge on any atom is -0.493 e. The largest absolute Gasteiger partial charge is 0.493 e. The van der Waals surface area contributed by atoms with Gasteiger partial charge in [0, 0.05) is 44.2 Å². The van der Waals surface area contributed by atoms with Gasteiger partial charge in [0.1, 0.15) is 11.6 Å². The number of methoxy groups -OCH3 is 1. The monoisotopic (exact) mass is 532 g/mol. The molecule has 0 unspecified atom stereocenters. The minimum atomic E-state index is -1.67. The van der Waals surface area contributed by atoms with Crippen molar-refractivity contribution in [3.05, 3.63) is 47.5 Å². The van der Waals surface area contributed by atoms with Crippen molar-refractivity contribution < 1.29 is 27.4 Å². The SMILES string of the molecule is COCc1cnc(N2CCC([C@H]3C[C@H]3CCOc3ccc(CC(=O)N4C[C@H](F)[C@@H](F)C4)c(F)c3)CC2)nc1. The number of hydrogen-bond donors (Lipinski definition) is 0. The Bertz CT molecular complexity index is 1090. The summed E-state index contributed by atoms with van der Waals surface area (Å²) in [5.74, 6) is 2.25. The lowest BCUT2D eigenvalue weighted by Crippen LogP contribution is -2.35. The number of rotatable bonds is 10. The molecule has 38 heavy (non-hydrogen) atoms. The molecule has 2 aromatic rings. The van der Waals surface area contributed by atoms with Gasteiger partial charge in [0.05, 0.1) is 32.7 Å². The Morgan fingerprint density at radius 3 is 2.47 bits per heavy atom. The summed E-state index contributed by atoms with van der Waals surface area (Å²) in [6, 6.07) is 4.45. The van der Waals surface area contributed by atoms with E-state index in [9.17, 15) is 18.0 Å². The van der Waals surface area contributed by atoms with Crippen LogP contribution in [0.15, 0.2) is 30.6 Å². The summed E-state index contributed by atoms with van der Waals surface area (Å²) in [4.78, 5) is 24.6. The molecule has 7 nitrogen and oxygen atoms in total. The Hall–Kier alpha value is -2.88. The van der Waals surface area contributed by atoms with Crippen molar-refractivity contribution in [1.29, 1.82) is 0 Å². The smallest absolute Gasteiger partial charge is 0.227 e. The Labute approximate surface area is 221 Å². The minimum absolute atomic E-state index is 0.199. The fourth-order valence-corrected chi connectivity index (χ4v) is 5.75. The number of alkyl halides is 2. The molecule has 4 atom stereocenters. The first kappa shape index (κ1) is 26.7. The van der Waals surface area contributed by atoms with Gasteiger partial charge in [0.2, 0.25) is 11.9 Å². The van der Waals surface area contributed by atoms with Crippen LogP contribution in [-0.4, -0.2) is 73.0 Å². The summed E-state index contributed by atoms with van der Waals surface area (Å²) >= 11 is 0.